The Morgan fingerprint density at radius 1 is 1.42 bits per heavy atom. The van der Waals surface area contributed by atoms with E-state index in [4.69, 9.17) is 4.74 Å². The van der Waals surface area contributed by atoms with E-state index in [-0.39, 0.29) is 5.78 Å². The van der Waals surface area contributed by atoms with Crippen LogP contribution in [0.5, 0.6) is 5.75 Å². The first-order valence-corrected chi connectivity index (χ1v) is 7.05. The van der Waals surface area contributed by atoms with Gasteiger partial charge < -0.3 is 9.64 Å². The Morgan fingerprint density at radius 3 is 2.74 bits per heavy atom. The Bertz CT molecular complexity index is 452. The molecule has 1 saturated carbocycles. The largest absolute Gasteiger partial charge is 0.494 e. The third-order valence-corrected chi connectivity index (χ3v) is 3.47. The molecule has 0 unspecified atom stereocenters. The molecule has 0 atom stereocenters. The molecule has 1 aromatic rings. The minimum absolute atomic E-state index is 0.106. The van der Waals surface area contributed by atoms with Crippen LogP contribution in [0.15, 0.2) is 18.2 Å². The van der Waals surface area contributed by atoms with Crippen LogP contribution in [0.1, 0.15) is 42.6 Å². The van der Waals surface area contributed by atoms with E-state index in [1.165, 1.54) is 12.8 Å². The summed E-state index contributed by atoms with van der Waals surface area (Å²) in [5.74, 6) is 1.88. The number of carbonyl (C=O) groups is 1. The standard InChI is InChI=1S/C16H23NO2/c1-4-19-16-8-7-14(12(2)18)9-15(16)11-17(3)10-13-5-6-13/h7-9,13H,4-6,10-11H2,1-3H3. The zero-order valence-corrected chi connectivity index (χ0v) is 12.1. The van der Waals surface area contributed by atoms with E-state index < -0.39 is 0 Å². The number of nitrogens with zero attached hydrogens (tertiary/aromatic N) is 1. The summed E-state index contributed by atoms with van der Waals surface area (Å²) in [5.41, 5.74) is 1.87. The summed E-state index contributed by atoms with van der Waals surface area (Å²) in [4.78, 5) is 13.8. The number of carbonyl (C=O) groups excluding carboxylic acids is 1. The summed E-state index contributed by atoms with van der Waals surface area (Å²) in [6.45, 7) is 6.21. The highest BCUT2D eigenvalue weighted by atomic mass is 16.5. The van der Waals surface area contributed by atoms with Gasteiger partial charge in [0.2, 0.25) is 0 Å². The van der Waals surface area contributed by atoms with E-state index in [1.54, 1.807) is 6.92 Å². The molecule has 0 aromatic heterocycles. The van der Waals surface area contributed by atoms with E-state index in [9.17, 15) is 4.79 Å². The lowest BCUT2D eigenvalue weighted by Gasteiger charge is -2.19. The Labute approximate surface area is 115 Å². The average molecular weight is 261 g/mol. The lowest BCUT2D eigenvalue weighted by molar-refractivity contribution is 0.101. The molecule has 0 spiro atoms. The van der Waals surface area contributed by atoms with E-state index in [0.717, 1.165) is 35.9 Å². The van der Waals surface area contributed by atoms with Gasteiger partial charge in [-0.2, -0.15) is 0 Å². The van der Waals surface area contributed by atoms with Crippen molar-refractivity contribution in [2.45, 2.75) is 33.2 Å². The molecule has 0 bridgehead atoms. The van der Waals surface area contributed by atoms with Crippen LogP contribution in [-0.4, -0.2) is 30.9 Å². The first-order valence-electron chi connectivity index (χ1n) is 7.05. The molecule has 19 heavy (non-hydrogen) atoms. The molecule has 0 aliphatic heterocycles. The highest BCUT2D eigenvalue weighted by Crippen LogP contribution is 2.30. The van der Waals surface area contributed by atoms with Crippen molar-refractivity contribution in [3.63, 3.8) is 0 Å². The number of hydrogen-bond acceptors (Lipinski definition) is 3. The summed E-state index contributed by atoms with van der Waals surface area (Å²) < 4.78 is 5.66. The zero-order valence-electron chi connectivity index (χ0n) is 12.1. The van der Waals surface area contributed by atoms with Crippen LogP contribution < -0.4 is 4.74 Å². The van der Waals surface area contributed by atoms with Crippen LogP contribution in [-0.2, 0) is 6.54 Å². The molecule has 3 heteroatoms. The van der Waals surface area contributed by atoms with Gasteiger partial charge in [-0.25, -0.2) is 0 Å². The quantitative estimate of drug-likeness (QED) is 0.706. The fourth-order valence-electron chi connectivity index (χ4n) is 2.31. The maximum absolute atomic E-state index is 11.5. The molecule has 0 saturated heterocycles. The number of benzene rings is 1. The van der Waals surface area contributed by atoms with Crippen molar-refractivity contribution in [1.82, 2.24) is 4.90 Å². The van der Waals surface area contributed by atoms with Gasteiger partial charge in [-0.05, 0) is 57.9 Å². The number of Topliss-reactive ketones (excluding diaryl/α,β-unsaturated/α-hetero) is 1. The van der Waals surface area contributed by atoms with Gasteiger partial charge in [-0.3, -0.25) is 4.79 Å². The highest BCUT2D eigenvalue weighted by molar-refractivity contribution is 5.94. The molecular weight excluding hydrogens is 238 g/mol. The molecule has 1 aromatic carbocycles. The topological polar surface area (TPSA) is 29.5 Å². The zero-order chi connectivity index (χ0) is 13.8. The van der Waals surface area contributed by atoms with Crippen LogP contribution in [0.4, 0.5) is 0 Å². The van der Waals surface area contributed by atoms with Crippen molar-refractivity contribution < 1.29 is 9.53 Å². The summed E-state index contributed by atoms with van der Waals surface area (Å²) >= 11 is 0. The van der Waals surface area contributed by atoms with Crippen molar-refractivity contribution in [3.8, 4) is 5.75 Å². The third kappa shape index (κ3) is 4.06. The van der Waals surface area contributed by atoms with Crippen LogP contribution in [0.2, 0.25) is 0 Å². The fraction of sp³-hybridized carbons (Fsp3) is 0.562. The second kappa shape index (κ2) is 6.20. The van der Waals surface area contributed by atoms with Crippen molar-refractivity contribution >= 4 is 5.78 Å². The van der Waals surface area contributed by atoms with Crippen molar-refractivity contribution in [2.24, 2.45) is 5.92 Å². The molecule has 0 heterocycles. The second-order valence-corrected chi connectivity index (χ2v) is 5.45. The second-order valence-electron chi connectivity index (χ2n) is 5.45. The Balaban J connectivity index is 2.13. The average Bonchev–Trinajstić information content (AvgIpc) is 3.15. The van der Waals surface area contributed by atoms with Crippen LogP contribution in [0.25, 0.3) is 0 Å². The molecule has 3 nitrogen and oxygen atoms in total. The van der Waals surface area contributed by atoms with Crippen LogP contribution in [0.3, 0.4) is 0 Å². The molecule has 0 radical (unpaired) electrons. The maximum Gasteiger partial charge on any atom is 0.159 e. The van der Waals surface area contributed by atoms with E-state index in [1.807, 2.05) is 25.1 Å². The lowest BCUT2D eigenvalue weighted by atomic mass is 10.1. The molecule has 1 fully saturated rings. The van der Waals surface area contributed by atoms with Gasteiger partial charge >= 0.3 is 0 Å². The fourth-order valence-corrected chi connectivity index (χ4v) is 2.31. The Kier molecular flexibility index (Phi) is 4.59. The van der Waals surface area contributed by atoms with E-state index in [2.05, 4.69) is 11.9 Å². The summed E-state index contributed by atoms with van der Waals surface area (Å²) in [6.07, 6.45) is 2.71. The molecule has 1 aliphatic rings. The minimum Gasteiger partial charge on any atom is -0.494 e. The normalized spacial score (nSPS) is 14.7. The molecule has 0 N–H and O–H groups in total. The van der Waals surface area contributed by atoms with E-state index >= 15 is 0 Å². The lowest BCUT2D eigenvalue weighted by Crippen LogP contribution is -2.21. The summed E-state index contributed by atoms with van der Waals surface area (Å²) in [6, 6.07) is 5.73. The molecule has 1 aliphatic carbocycles. The maximum atomic E-state index is 11.5. The summed E-state index contributed by atoms with van der Waals surface area (Å²) in [7, 11) is 2.13. The SMILES string of the molecule is CCOc1ccc(C(C)=O)cc1CN(C)CC1CC1. The van der Waals surface area contributed by atoms with Gasteiger partial charge in [0.15, 0.2) is 5.78 Å². The van der Waals surface area contributed by atoms with Crippen molar-refractivity contribution in [1.29, 1.82) is 0 Å². The van der Waals surface area contributed by atoms with Crippen LogP contribution in [0, 0.1) is 5.92 Å². The monoisotopic (exact) mass is 261 g/mol. The Morgan fingerprint density at radius 2 is 2.16 bits per heavy atom. The smallest absolute Gasteiger partial charge is 0.159 e. The van der Waals surface area contributed by atoms with Gasteiger partial charge in [0, 0.05) is 24.2 Å². The number of rotatable bonds is 7. The van der Waals surface area contributed by atoms with Gasteiger partial charge in [0.25, 0.3) is 0 Å². The first kappa shape index (κ1) is 14.1. The third-order valence-electron chi connectivity index (χ3n) is 3.47. The van der Waals surface area contributed by atoms with Gasteiger partial charge in [-0.15, -0.1) is 0 Å². The van der Waals surface area contributed by atoms with Gasteiger partial charge in [0.05, 0.1) is 6.61 Å². The molecule has 2 rings (SSSR count). The predicted octanol–water partition coefficient (Wildman–Crippen LogP) is 3.13. The molecule has 104 valence electrons. The number of ketones is 1. The highest BCUT2D eigenvalue weighted by Gasteiger charge is 2.23. The molecular formula is C16H23NO2. The van der Waals surface area contributed by atoms with E-state index in [0.29, 0.717) is 6.61 Å². The summed E-state index contributed by atoms with van der Waals surface area (Å²) in [5, 5.41) is 0. The van der Waals surface area contributed by atoms with Crippen LogP contribution >= 0.6 is 0 Å². The first-order chi connectivity index (χ1) is 9.10. The number of ether oxygens (including phenoxy) is 1. The predicted molar refractivity (Wildman–Crippen MR) is 76.7 cm³/mol. The van der Waals surface area contributed by atoms with Gasteiger partial charge in [0.1, 0.15) is 5.75 Å². The van der Waals surface area contributed by atoms with Gasteiger partial charge in [-0.1, -0.05) is 0 Å². The molecule has 0 amide bonds. The van der Waals surface area contributed by atoms with Crippen molar-refractivity contribution in [3.05, 3.63) is 29.3 Å². The minimum atomic E-state index is 0.106. The van der Waals surface area contributed by atoms with Crippen molar-refractivity contribution in [2.75, 3.05) is 20.2 Å². The Hall–Kier alpha value is -1.35. The number of hydrogen-bond donors (Lipinski definition) is 0.